The van der Waals surface area contributed by atoms with E-state index in [0.717, 1.165) is 19.3 Å². The Hall–Kier alpha value is -1.27. The molecule has 2 aliphatic carbocycles. The molecule has 2 fully saturated rings. The molecule has 0 heterocycles. The highest BCUT2D eigenvalue weighted by Crippen LogP contribution is 2.46. The van der Waals surface area contributed by atoms with Crippen LogP contribution in [0.15, 0.2) is 0 Å². The predicted molar refractivity (Wildman–Crippen MR) is 54.6 cm³/mol. The molecule has 0 aliphatic heterocycles. The normalized spacial score (nSPS) is 35.3. The third kappa shape index (κ3) is 2.30. The topological polar surface area (TPSA) is 66.4 Å². The minimum absolute atomic E-state index is 0.0979. The lowest BCUT2D eigenvalue weighted by atomic mass is 9.75. The van der Waals surface area contributed by atoms with Crippen molar-refractivity contribution in [3.63, 3.8) is 0 Å². The molecule has 0 saturated heterocycles. The van der Waals surface area contributed by atoms with E-state index in [1.165, 1.54) is 0 Å². The van der Waals surface area contributed by atoms with Crippen molar-refractivity contribution in [1.82, 2.24) is 5.32 Å². The number of amides is 1. The predicted octanol–water partition coefficient (Wildman–Crippen LogP) is 1.70. The Kier molecular flexibility index (Phi) is 3.03. The van der Waals surface area contributed by atoms with Gasteiger partial charge in [-0.1, -0.05) is 12.8 Å². The molecule has 2 N–H and O–H groups in total. The van der Waals surface area contributed by atoms with Crippen molar-refractivity contribution in [3.8, 4) is 0 Å². The molecule has 1 unspecified atom stereocenters. The van der Waals surface area contributed by atoms with Gasteiger partial charge < -0.3 is 10.4 Å². The number of alkyl halides is 3. The monoisotopic (exact) mass is 265 g/mol. The molecule has 0 aromatic heterocycles. The highest BCUT2D eigenvalue weighted by Gasteiger charge is 2.53. The fourth-order valence-corrected chi connectivity index (χ4v) is 3.24. The summed E-state index contributed by atoms with van der Waals surface area (Å²) in [5.41, 5.74) is -1.74. The highest BCUT2D eigenvalue weighted by atomic mass is 19.4. The zero-order valence-electron chi connectivity index (χ0n) is 9.59. The van der Waals surface area contributed by atoms with Crippen LogP contribution >= 0.6 is 0 Å². The summed E-state index contributed by atoms with van der Waals surface area (Å²) in [4.78, 5) is 22.3. The number of hydrogen-bond donors (Lipinski definition) is 2. The molecular formula is C11H14F3NO3. The van der Waals surface area contributed by atoms with E-state index in [2.05, 4.69) is 0 Å². The molecule has 0 aromatic carbocycles. The molecule has 3 atom stereocenters. The molecule has 1 amide bonds. The summed E-state index contributed by atoms with van der Waals surface area (Å²) in [7, 11) is 0. The van der Waals surface area contributed by atoms with Gasteiger partial charge in [0.25, 0.3) is 0 Å². The quantitative estimate of drug-likeness (QED) is 0.798. The van der Waals surface area contributed by atoms with Gasteiger partial charge in [-0.2, -0.15) is 13.2 Å². The molecule has 2 bridgehead atoms. The van der Waals surface area contributed by atoms with E-state index in [4.69, 9.17) is 0 Å². The summed E-state index contributed by atoms with van der Waals surface area (Å²) in [5.74, 6) is -3.32. The van der Waals surface area contributed by atoms with Crippen LogP contribution in [0, 0.1) is 11.8 Å². The van der Waals surface area contributed by atoms with Gasteiger partial charge in [0, 0.05) is 0 Å². The van der Waals surface area contributed by atoms with Crippen LogP contribution in [0.25, 0.3) is 0 Å². The van der Waals surface area contributed by atoms with Crippen LogP contribution in [-0.2, 0) is 9.59 Å². The van der Waals surface area contributed by atoms with Crippen molar-refractivity contribution in [2.45, 2.75) is 43.8 Å². The minimum atomic E-state index is -5.04. The van der Waals surface area contributed by atoms with Gasteiger partial charge in [0.1, 0.15) is 5.54 Å². The molecular weight excluding hydrogens is 251 g/mol. The van der Waals surface area contributed by atoms with E-state index in [0.29, 0.717) is 0 Å². The second kappa shape index (κ2) is 4.13. The Morgan fingerprint density at radius 1 is 1.17 bits per heavy atom. The van der Waals surface area contributed by atoms with E-state index < -0.39 is 23.6 Å². The first-order valence-corrected chi connectivity index (χ1v) is 5.86. The molecule has 2 aliphatic rings. The van der Waals surface area contributed by atoms with Crippen LogP contribution in [0.5, 0.6) is 0 Å². The van der Waals surface area contributed by atoms with Crippen molar-refractivity contribution in [3.05, 3.63) is 0 Å². The Balaban J connectivity index is 2.18. The summed E-state index contributed by atoms with van der Waals surface area (Å²) < 4.78 is 36.7. The standard InChI is InChI=1S/C11H14F3NO3/c12-11(13,14)8(16)15-10(9(17)18)4-6-1-2-7(3-6)5-10/h6-7H,1-5H2,(H,15,16)(H,17,18)/t6-,7+,10?. The fraction of sp³-hybridized carbons (Fsp3) is 0.818. The first kappa shape index (κ1) is 13.2. The number of nitrogens with one attached hydrogen (secondary N) is 1. The summed E-state index contributed by atoms with van der Waals surface area (Å²) in [5, 5.41) is 10.9. The van der Waals surface area contributed by atoms with E-state index >= 15 is 0 Å². The van der Waals surface area contributed by atoms with Gasteiger partial charge in [-0.05, 0) is 31.1 Å². The van der Waals surface area contributed by atoms with Crippen LogP contribution in [0.3, 0.4) is 0 Å². The van der Waals surface area contributed by atoms with Gasteiger partial charge in [-0.15, -0.1) is 0 Å². The molecule has 0 radical (unpaired) electrons. The number of hydrogen-bond acceptors (Lipinski definition) is 2. The molecule has 0 aromatic rings. The lowest BCUT2D eigenvalue weighted by Crippen LogP contribution is -2.60. The Morgan fingerprint density at radius 3 is 2.06 bits per heavy atom. The van der Waals surface area contributed by atoms with Crippen LogP contribution in [0.1, 0.15) is 32.1 Å². The molecule has 7 heteroatoms. The maximum atomic E-state index is 12.2. The van der Waals surface area contributed by atoms with E-state index in [9.17, 15) is 27.9 Å². The number of carboxylic acids is 1. The summed E-state index contributed by atoms with van der Waals surface area (Å²) in [6.45, 7) is 0. The Bertz CT molecular complexity index is 368. The zero-order chi connectivity index (χ0) is 13.6. The lowest BCUT2D eigenvalue weighted by Gasteiger charge is -2.37. The Labute approximate surface area is 102 Å². The third-order valence-electron chi connectivity index (χ3n) is 3.94. The lowest BCUT2D eigenvalue weighted by molar-refractivity contribution is -0.178. The minimum Gasteiger partial charge on any atom is -0.480 e. The molecule has 4 nitrogen and oxygen atoms in total. The molecule has 0 spiro atoms. The second-order valence-electron chi connectivity index (χ2n) is 5.29. The average molecular weight is 265 g/mol. The SMILES string of the molecule is O=C(NC1(C(=O)O)C[C@@H]2CC[C@@H](C2)C1)C(F)(F)F. The second-order valence-corrected chi connectivity index (χ2v) is 5.29. The number of halogens is 3. The van der Waals surface area contributed by atoms with Crippen molar-refractivity contribution >= 4 is 11.9 Å². The van der Waals surface area contributed by atoms with Gasteiger partial charge in [0.2, 0.25) is 0 Å². The number of carboxylic acid groups (broad SMARTS) is 1. The van der Waals surface area contributed by atoms with Crippen molar-refractivity contribution in [2.75, 3.05) is 0 Å². The number of aliphatic carboxylic acids is 1. The smallest absolute Gasteiger partial charge is 0.471 e. The van der Waals surface area contributed by atoms with E-state index in [-0.39, 0.29) is 24.7 Å². The van der Waals surface area contributed by atoms with Gasteiger partial charge in [0.05, 0.1) is 0 Å². The van der Waals surface area contributed by atoms with E-state index in [1.807, 2.05) is 0 Å². The maximum absolute atomic E-state index is 12.2. The van der Waals surface area contributed by atoms with E-state index in [1.54, 1.807) is 5.32 Å². The van der Waals surface area contributed by atoms with Gasteiger partial charge in [-0.3, -0.25) is 4.79 Å². The van der Waals surface area contributed by atoms with Crippen molar-refractivity contribution in [2.24, 2.45) is 11.8 Å². The molecule has 18 heavy (non-hydrogen) atoms. The maximum Gasteiger partial charge on any atom is 0.471 e. The summed E-state index contributed by atoms with van der Waals surface area (Å²) in [6.07, 6.45) is -2.32. The van der Waals surface area contributed by atoms with Crippen LogP contribution in [0.2, 0.25) is 0 Å². The average Bonchev–Trinajstić information content (AvgIpc) is 2.57. The van der Waals surface area contributed by atoms with Gasteiger partial charge in [0.15, 0.2) is 0 Å². The molecule has 2 saturated carbocycles. The third-order valence-corrected chi connectivity index (χ3v) is 3.94. The van der Waals surface area contributed by atoms with Crippen molar-refractivity contribution < 1.29 is 27.9 Å². The number of fused-ring (bicyclic) bond motifs is 2. The highest BCUT2D eigenvalue weighted by molar-refractivity contribution is 5.89. The molecule has 102 valence electrons. The fourth-order valence-electron chi connectivity index (χ4n) is 3.24. The first-order chi connectivity index (χ1) is 8.23. The van der Waals surface area contributed by atoms with Crippen LogP contribution < -0.4 is 5.32 Å². The number of rotatable bonds is 2. The van der Waals surface area contributed by atoms with Gasteiger partial charge >= 0.3 is 18.1 Å². The van der Waals surface area contributed by atoms with Crippen LogP contribution in [-0.4, -0.2) is 28.7 Å². The summed E-state index contributed by atoms with van der Waals surface area (Å²) >= 11 is 0. The first-order valence-electron chi connectivity index (χ1n) is 5.86. The number of carbonyl (C=O) groups is 2. The number of carbonyl (C=O) groups excluding carboxylic acids is 1. The Morgan fingerprint density at radius 2 is 1.67 bits per heavy atom. The van der Waals surface area contributed by atoms with Crippen LogP contribution in [0.4, 0.5) is 13.2 Å². The van der Waals surface area contributed by atoms with Crippen molar-refractivity contribution in [1.29, 1.82) is 0 Å². The van der Waals surface area contributed by atoms with Gasteiger partial charge in [-0.25, -0.2) is 4.79 Å². The molecule has 2 rings (SSSR count). The summed E-state index contributed by atoms with van der Waals surface area (Å²) in [6, 6.07) is 0. The largest absolute Gasteiger partial charge is 0.480 e. The zero-order valence-corrected chi connectivity index (χ0v) is 9.59.